The van der Waals surface area contributed by atoms with Crippen molar-refractivity contribution in [1.29, 1.82) is 16.2 Å². The third-order valence-electron chi connectivity index (χ3n) is 20.2. The Morgan fingerprint density at radius 1 is 0.606 bits per heavy atom. The zero-order chi connectivity index (χ0) is 93.8. The minimum Gasteiger partial charge on any atom is -0.508 e. The van der Waals surface area contributed by atoms with Gasteiger partial charge in [0.1, 0.15) is 78.3 Å². The van der Waals surface area contributed by atoms with Gasteiger partial charge >= 0.3 is 5.97 Å². The lowest BCUT2D eigenvalue weighted by molar-refractivity contribution is -0.142. The number of nitrogens with one attached hydrogen (secondary N) is 20. The van der Waals surface area contributed by atoms with Crippen molar-refractivity contribution >= 4 is 158 Å². The summed E-state index contributed by atoms with van der Waals surface area (Å²) in [6.45, 7) is 0.349. The fourth-order valence-corrected chi connectivity index (χ4v) is 16.3. The molecular weight excluding hydrogens is 1740 g/mol. The van der Waals surface area contributed by atoms with Gasteiger partial charge in [-0.25, -0.2) is 4.98 Å². The molecule has 5 rings (SSSR count). The zero-order valence-electron chi connectivity index (χ0n) is 70.8. The number of nitrogens with zero attached hydrogens (tertiary/aromatic N) is 2. The van der Waals surface area contributed by atoms with E-state index in [-0.39, 0.29) is 132 Å². The second kappa shape index (κ2) is 55.5. The number of amides is 15. The number of nitrogens with two attached hydrogens (primary N) is 5. The molecule has 0 aliphatic carbocycles. The third-order valence-corrected chi connectivity index (χ3v) is 23.9. The molecule has 0 bridgehead atoms. The Bertz CT molecular complexity index is 4250. The van der Waals surface area contributed by atoms with Gasteiger partial charge in [0.25, 0.3) is 0 Å². The van der Waals surface area contributed by atoms with E-state index in [1.54, 1.807) is 49.8 Å². The molecule has 2 fully saturated rings. The number of aliphatic hydroxyl groups is 1. The number of primary amides is 1. The first-order valence-electron chi connectivity index (χ1n) is 40.8. The van der Waals surface area contributed by atoms with Crippen LogP contribution in [-0.2, 0) is 96.0 Å². The van der Waals surface area contributed by atoms with Crippen LogP contribution in [0.4, 0.5) is 0 Å². The quantitative estimate of drug-likeness (QED) is 0.0113. The number of guanidine groups is 3. The van der Waals surface area contributed by atoms with E-state index in [1.807, 2.05) is 0 Å². The number of imidazole rings is 1. The van der Waals surface area contributed by atoms with E-state index in [1.165, 1.54) is 67.2 Å². The molecule has 0 unspecified atom stereocenters. The number of rotatable bonds is 35. The Hall–Kier alpha value is -11.9. The van der Waals surface area contributed by atoms with Crippen LogP contribution < -0.4 is 114 Å². The number of thioether (sulfide) groups is 2. The maximum Gasteiger partial charge on any atom is 0.305 e. The number of H-pyrrole nitrogens is 1. The Morgan fingerprint density at radius 3 is 1.82 bits per heavy atom. The molecule has 33 N–H and O–H groups in total. The summed E-state index contributed by atoms with van der Waals surface area (Å²) in [5.41, 5.74) is 29.7. The number of aromatic amines is 1. The molecule has 3 aromatic rings. The number of carboxylic acids is 1. The van der Waals surface area contributed by atoms with Crippen LogP contribution in [0.1, 0.15) is 94.9 Å². The van der Waals surface area contributed by atoms with Gasteiger partial charge in [-0.05, 0) is 110 Å². The summed E-state index contributed by atoms with van der Waals surface area (Å²) in [5.74, 6) is -20.2. The van der Waals surface area contributed by atoms with E-state index in [9.17, 15) is 82.4 Å². The highest BCUT2D eigenvalue weighted by Crippen LogP contribution is 2.28. The number of carbonyl (C=O) groups excluding carboxylic acids is 15. The van der Waals surface area contributed by atoms with Crippen LogP contribution in [0.25, 0.3) is 0 Å². The number of hydrogen-bond acceptors (Lipinski definition) is 27. The third kappa shape index (κ3) is 38.1. The summed E-state index contributed by atoms with van der Waals surface area (Å²) in [6, 6.07) is -7.44. The summed E-state index contributed by atoms with van der Waals surface area (Å²) >= 11 is 2.61. The molecule has 2 saturated heterocycles. The number of phenols is 1. The second-order valence-corrected chi connectivity index (χ2v) is 34.5. The lowest BCUT2D eigenvalue weighted by Gasteiger charge is -2.29. The van der Waals surface area contributed by atoms with Gasteiger partial charge in [-0.1, -0.05) is 84.3 Å². The molecule has 0 saturated carbocycles. The second-order valence-electron chi connectivity index (χ2n) is 30.0. The first-order valence-corrected chi connectivity index (χ1v) is 46.0. The highest BCUT2D eigenvalue weighted by atomic mass is 33.1. The molecular formula is C77H119N27O19S4. The van der Waals surface area contributed by atoms with Crippen molar-refractivity contribution in [3.05, 3.63) is 83.9 Å². The summed E-state index contributed by atoms with van der Waals surface area (Å²) in [5, 5.41) is 95.1. The zero-order valence-corrected chi connectivity index (χ0v) is 74.0. The van der Waals surface area contributed by atoms with Gasteiger partial charge in [0.15, 0.2) is 17.9 Å². The number of fused-ring (bicyclic) bond motifs is 1. The molecule has 0 radical (unpaired) electrons. The largest absolute Gasteiger partial charge is 0.508 e. The lowest BCUT2D eigenvalue weighted by atomic mass is 9.97. The summed E-state index contributed by atoms with van der Waals surface area (Å²) in [7, 11) is 1.60. The minimum absolute atomic E-state index is 0.0421. The SMILES string of the molecule is CC[C@H](C)[C@H]1NC(=O)[C@H](CCCNC(=N)N)NC(=O)[C@H](CC(=O)O)NC(=O)[C@H](CCSC)NC(=O)[C@@H]2C[C@H](CCNC(=N)N)CN2C(=O)CNC(=O)CNC(=O)[C@H](Cc2ccccc2)NC(=O)[C@H](Cc2c[nH]cn2)NC(=O)[C@@H](NC(=O)[C@@H](N)CCSC)CSSC[C@@H](C(=O)N[C@@H](Cc2ccc(O)cc2)C(=O)N[C@@H](CCCNC(=N)N)C(N)=O)NC(=O)[C@H](CO)NC1=O. The number of phenolic OH excluding ortho intramolecular Hbond substituents is 1. The Labute approximate surface area is 749 Å². The minimum atomic E-state index is -2.01. The van der Waals surface area contributed by atoms with Crippen LogP contribution in [0.15, 0.2) is 67.1 Å². The monoisotopic (exact) mass is 1850 g/mol. The normalized spacial score (nSPS) is 22.6. The summed E-state index contributed by atoms with van der Waals surface area (Å²) in [4.78, 5) is 238. The number of aromatic hydroxyl groups is 1. The van der Waals surface area contributed by atoms with Gasteiger partial charge in [-0.15, -0.1) is 0 Å². The molecule has 15 atom stereocenters. The van der Waals surface area contributed by atoms with Crippen LogP contribution in [0.3, 0.4) is 0 Å². The predicted octanol–water partition coefficient (Wildman–Crippen LogP) is -7.45. The fraction of sp³-hybridized carbons (Fsp3) is 0.558. The maximum absolute atomic E-state index is 15.2. The van der Waals surface area contributed by atoms with E-state index in [4.69, 9.17) is 44.9 Å². The van der Waals surface area contributed by atoms with Gasteiger partial charge in [0.2, 0.25) is 88.6 Å². The van der Waals surface area contributed by atoms with Crippen molar-refractivity contribution < 1.29 is 92.0 Å². The molecule has 2 aliphatic heterocycles. The lowest BCUT2D eigenvalue weighted by Crippen LogP contribution is -2.62. The van der Waals surface area contributed by atoms with E-state index in [0.29, 0.717) is 16.9 Å². The molecule has 46 nitrogen and oxygen atoms in total. The molecule has 700 valence electrons. The first kappa shape index (κ1) is 106. The first-order chi connectivity index (χ1) is 60.4. The van der Waals surface area contributed by atoms with Crippen molar-refractivity contribution in [1.82, 2.24) is 99.9 Å². The molecule has 2 aromatic carbocycles. The molecule has 15 amide bonds. The number of aromatic nitrogens is 2. The average Bonchev–Trinajstić information content (AvgIpc) is 1.61. The molecule has 50 heteroatoms. The van der Waals surface area contributed by atoms with Crippen LogP contribution >= 0.6 is 45.1 Å². The molecule has 2 aliphatic rings. The van der Waals surface area contributed by atoms with Crippen molar-refractivity contribution in [3.63, 3.8) is 0 Å². The number of aliphatic hydroxyl groups excluding tert-OH is 1. The smallest absolute Gasteiger partial charge is 0.305 e. The highest BCUT2D eigenvalue weighted by molar-refractivity contribution is 8.76. The van der Waals surface area contributed by atoms with Crippen LogP contribution in [0.5, 0.6) is 5.75 Å². The average molecular weight is 1860 g/mol. The van der Waals surface area contributed by atoms with Gasteiger partial charge < -0.3 is 139 Å². The number of carbonyl (C=O) groups is 16. The van der Waals surface area contributed by atoms with Gasteiger partial charge in [-0.2, -0.15) is 23.5 Å². The van der Waals surface area contributed by atoms with Crippen molar-refractivity contribution in [2.45, 2.75) is 176 Å². The molecule has 3 heterocycles. The highest BCUT2D eigenvalue weighted by Gasteiger charge is 2.43. The Kier molecular flexibility index (Phi) is 46.2. The maximum atomic E-state index is 15.2. The van der Waals surface area contributed by atoms with Crippen molar-refractivity contribution in [3.8, 4) is 5.75 Å². The van der Waals surface area contributed by atoms with Gasteiger partial charge in [-0.3, -0.25) is 92.9 Å². The van der Waals surface area contributed by atoms with E-state index < -0.39 is 229 Å². The fourth-order valence-electron chi connectivity index (χ4n) is 13.0. The number of aliphatic carboxylic acids is 1. The van der Waals surface area contributed by atoms with Crippen LogP contribution in [-0.4, -0.2) is 303 Å². The van der Waals surface area contributed by atoms with Crippen molar-refractivity contribution in [2.24, 2.45) is 40.5 Å². The van der Waals surface area contributed by atoms with Gasteiger partial charge in [0.05, 0.1) is 44.2 Å². The number of carboxylic acid groups (broad SMARTS) is 1. The Morgan fingerprint density at radius 2 is 1.19 bits per heavy atom. The standard InChI is InChI=1S/C77H119N27O19S4/c1-5-40(2)61-74(123)100-54(36-105)70(119)102-56(72(121)97-51(28-42-15-17-45(106)18-16-42)67(116)93-47(62(79)111)13-9-22-87-75(80)81)38-127-126-37-55(101-63(112)46(78)20-25-124-3)71(120)98-52(30-44-32-86-39-92-44)68(117)96-50(27-41-11-7-6-8-12-41)64(113)91-33-58(107)90-34-59(108)104-35-43(19-24-89-77(84)85)29-57(104)73(122)95-49(21-26-125-4)65(114)99-53(31-60(109)110)69(118)94-48(66(115)103-61)14-10-23-88-76(82)83/h6-8,11-12,15-18,32,39-40,43,46-57,61,105-106H,5,9-10,13-14,19-31,33-38,78H2,1-4H3,(H2,79,111)(H,86,92)(H,90,107)(H,91,113)(H,93,116)(H,94,118)(H,95,122)(H,96,117)(H,97,121)(H,98,120)(H,99,114)(H,100,123)(H,101,112)(H,102,119)(H,103,115)(H,109,110)(H4,80,81,87)(H4,82,83,88)(H4,84,85,89)/t40-,43-,46-,47-,48-,49-,50-,51-,52-,53-,54-,55-,56-,57-,61+/m0/s1. The topological polar surface area (TPSA) is 760 Å². The number of benzene rings is 2. The van der Waals surface area contributed by atoms with Crippen LogP contribution in [0, 0.1) is 28.1 Å². The Balaban J connectivity index is 1.67. The van der Waals surface area contributed by atoms with Crippen LogP contribution in [0.2, 0.25) is 0 Å². The molecule has 1 aromatic heterocycles. The van der Waals surface area contributed by atoms with E-state index >= 15 is 9.59 Å². The predicted molar refractivity (Wildman–Crippen MR) is 475 cm³/mol. The molecule has 127 heavy (non-hydrogen) atoms. The van der Waals surface area contributed by atoms with Crippen molar-refractivity contribution in [2.75, 3.05) is 81.4 Å². The summed E-state index contributed by atoms with van der Waals surface area (Å²) < 4.78 is 0. The number of hydrogen-bond donors (Lipinski definition) is 28. The van der Waals surface area contributed by atoms with Gasteiger partial charge in [0, 0.05) is 63.1 Å². The molecule has 0 spiro atoms. The van der Waals surface area contributed by atoms with E-state index in [0.717, 1.165) is 26.5 Å². The van der Waals surface area contributed by atoms with E-state index in [2.05, 4.69) is 95.0 Å². The summed E-state index contributed by atoms with van der Waals surface area (Å²) in [6.07, 6.45) is 4.01.